The molecule has 0 heterocycles. The van der Waals surface area contributed by atoms with Gasteiger partial charge in [-0.25, -0.2) is 0 Å². The van der Waals surface area contributed by atoms with Crippen LogP contribution in [0.2, 0.25) is 36.3 Å². The fourth-order valence-electron chi connectivity index (χ4n) is 5.03. The first-order valence-electron chi connectivity index (χ1n) is 14.2. The van der Waals surface area contributed by atoms with Gasteiger partial charge in [0.1, 0.15) is 16.1 Å². The van der Waals surface area contributed by atoms with Crippen molar-refractivity contribution in [2.24, 2.45) is 0 Å². The topological polar surface area (TPSA) is 9.23 Å². The third-order valence-corrected chi connectivity index (χ3v) is 14.1. The van der Waals surface area contributed by atoms with Crippen LogP contribution in [0, 0.1) is 34.8 Å². The van der Waals surface area contributed by atoms with Gasteiger partial charge in [-0.2, -0.15) is 0 Å². The van der Waals surface area contributed by atoms with E-state index < -0.39 is 16.1 Å². The lowest BCUT2D eigenvalue weighted by atomic mass is 10.1. The largest absolute Gasteiger partial charge is 0.377 e. The Bertz CT molecular complexity index is 956. The van der Waals surface area contributed by atoms with E-state index >= 15 is 0 Å². The summed E-state index contributed by atoms with van der Waals surface area (Å²) in [4.78, 5) is 0. The molecule has 0 atom stereocenters. The van der Waals surface area contributed by atoms with E-state index in [1.54, 1.807) is 0 Å². The number of hydrogen-bond donors (Lipinski definition) is 0. The molecule has 0 spiro atoms. The molecular weight excluding hydrogens is 469 g/mol. The van der Waals surface area contributed by atoms with Crippen molar-refractivity contribution in [2.75, 3.05) is 6.61 Å². The lowest BCUT2D eigenvalue weighted by molar-refractivity contribution is 0.116. The monoisotopic (exact) mass is 520 g/mol. The first-order valence-corrected chi connectivity index (χ1v) is 19.9. The van der Waals surface area contributed by atoms with Gasteiger partial charge in [0, 0.05) is 17.7 Å². The van der Waals surface area contributed by atoms with Crippen LogP contribution in [0.4, 0.5) is 0 Å². The average molecular weight is 521 g/mol. The van der Waals surface area contributed by atoms with Crippen LogP contribution in [0.1, 0.15) is 104 Å². The van der Waals surface area contributed by atoms with Crippen LogP contribution in [0.15, 0.2) is 18.2 Å². The van der Waals surface area contributed by atoms with Gasteiger partial charge in [-0.1, -0.05) is 112 Å². The van der Waals surface area contributed by atoms with Crippen molar-refractivity contribution in [3.05, 3.63) is 34.9 Å². The van der Waals surface area contributed by atoms with Gasteiger partial charge < -0.3 is 4.74 Å². The van der Waals surface area contributed by atoms with Crippen molar-refractivity contribution < 1.29 is 4.74 Å². The predicted octanol–water partition coefficient (Wildman–Crippen LogP) is 9.37. The molecule has 0 bridgehead atoms. The lowest BCUT2D eigenvalue weighted by Crippen LogP contribution is -2.43. The molecular formula is C33H52OSi2. The standard InChI is InChI=1S/C33H52OSi2/c1-11-12-13-14-15-17-21-34-27-33-25-31(19-16-18-22-35(8,9)10)24-32(26-33)20-23-36(28(2)3,29(4)5)30(6)7/h24-26,28-30H,11-15,17,21,27H2,1-10H3. The van der Waals surface area contributed by atoms with Crippen LogP contribution >= 0.6 is 0 Å². The molecule has 0 amide bonds. The number of ether oxygens (including phenoxy) is 1. The van der Waals surface area contributed by atoms with Crippen LogP contribution in [0.25, 0.3) is 0 Å². The van der Waals surface area contributed by atoms with E-state index in [9.17, 15) is 0 Å². The van der Waals surface area contributed by atoms with Crippen LogP contribution in [0.5, 0.6) is 0 Å². The van der Waals surface area contributed by atoms with Crippen LogP contribution in [0.3, 0.4) is 0 Å². The summed E-state index contributed by atoms with van der Waals surface area (Å²) < 4.78 is 6.06. The lowest BCUT2D eigenvalue weighted by Gasteiger charge is -2.38. The Morgan fingerprint density at radius 1 is 0.694 bits per heavy atom. The first-order chi connectivity index (χ1) is 16.9. The highest BCUT2D eigenvalue weighted by Gasteiger charge is 2.41. The Balaban J connectivity index is 3.18. The summed E-state index contributed by atoms with van der Waals surface area (Å²) in [6.45, 7) is 24.6. The normalized spacial score (nSPS) is 11.6. The Hall–Kier alpha value is -1.71. The summed E-state index contributed by atoms with van der Waals surface area (Å²) >= 11 is 0. The van der Waals surface area contributed by atoms with Crippen LogP contribution in [-0.2, 0) is 11.3 Å². The molecule has 1 aromatic carbocycles. The zero-order chi connectivity index (χ0) is 27.2. The van der Waals surface area contributed by atoms with Gasteiger partial charge in [0.05, 0.1) is 6.61 Å². The Kier molecular flexibility index (Phi) is 14.5. The SMILES string of the molecule is CCCCCCCCOCc1cc(C#CC#C[Si](C)(C)C)cc(C#C[Si](C(C)C)(C(C)C)C(C)C)c1. The predicted molar refractivity (Wildman–Crippen MR) is 165 cm³/mol. The Morgan fingerprint density at radius 3 is 1.81 bits per heavy atom. The second kappa shape index (κ2) is 16.2. The smallest absolute Gasteiger partial charge is 0.146 e. The van der Waals surface area contributed by atoms with E-state index in [0.29, 0.717) is 23.2 Å². The zero-order valence-electron chi connectivity index (χ0n) is 25.0. The van der Waals surface area contributed by atoms with Gasteiger partial charge >= 0.3 is 0 Å². The summed E-state index contributed by atoms with van der Waals surface area (Å²) in [5.41, 5.74) is 12.2. The van der Waals surface area contributed by atoms with Crippen LogP contribution in [-0.4, -0.2) is 22.8 Å². The second-order valence-electron chi connectivity index (χ2n) is 12.1. The molecule has 198 valence electrons. The van der Waals surface area contributed by atoms with Crippen molar-refractivity contribution >= 4 is 16.1 Å². The number of benzene rings is 1. The van der Waals surface area contributed by atoms with E-state index in [2.05, 4.69) is 121 Å². The van der Waals surface area contributed by atoms with Crippen molar-refractivity contribution in [1.29, 1.82) is 0 Å². The fourth-order valence-corrected chi connectivity index (χ4v) is 10.7. The van der Waals surface area contributed by atoms with Gasteiger partial charge in [-0.05, 0) is 58.6 Å². The molecule has 1 nitrogen and oxygen atoms in total. The minimum Gasteiger partial charge on any atom is -0.377 e. The molecule has 0 aliphatic carbocycles. The summed E-state index contributed by atoms with van der Waals surface area (Å²) in [6.07, 6.45) is 7.67. The van der Waals surface area contributed by atoms with E-state index in [-0.39, 0.29) is 0 Å². The van der Waals surface area contributed by atoms with Gasteiger partial charge in [0.15, 0.2) is 0 Å². The Morgan fingerprint density at radius 2 is 1.25 bits per heavy atom. The molecule has 0 aliphatic rings. The number of hydrogen-bond acceptors (Lipinski definition) is 1. The molecule has 0 fully saturated rings. The van der Waals surface area contributed by atoms with Gasteiger partial charge in [0.25, 0.3) is 0 Å². The molecule has 0 radical (unpaired) electrons. The third-order valence-electron chi connectivity index (χ3n) is 6.90. The molecule has 0 aromatic heterocycles. The average Bonchev–Trinajstić information content (AvgIpc) is 2.77. The van der Waals surface area contributed by atoms with Gasteiger partial charge in [-0.15, -0.1) is 11.1 Å². The molecule has 36 heavy (non-hydrogen) atoms. The molecule has 3 heteroatoms. The maximum Gasteiger partial charge on any atom is 0.146 e. The third kappa shape index (κ3) is 11.6. The zero-order valence-corrected chi connectivity index (χ0v) is 27.0. The van der Waals surface area contributed by atoms with Crippen molar-refractivity contribution in [3.8, 4) is 34.8 Å². The van der Waals surface area contributed by atoms with Crippen molar-refractivity contribution in [1.82, 2.24) is 0 Å². The van der Waals surface area contributed by atoms with Gasteiger partial charge in [-0.3, -0.25) is 0 Å². The number of rotatable bonds is 12. The second-order valence-corrected chi connectivity index (χ2v) is 22.5. The molecule has 1 rings (SSSR count). The van der Waals surface area contributed by atoms with Crippen molar-refractivity contribution in [2.45, 2.75) is 130 Å². The molecule has 0 unspecified atom stereocenters. The molecule has 0 N–H and O–H groups in total. The quantitative estimate of drug-likeness (QED) is 0.151. The highest BCUT2D eigenvalue weighted by Crippen LogP contribution is 2.40. The highest BCUT2D eigenvalue weighted by molar-refractivity contribution is 6.90. The summed E-state index contributed by atoms with van der Waals surface area (Å²) in [5.74, 6) is 13.1. The molecule has 0 aliphatic heterocycles. The van der Waals surface area contributed by atoms with Crippen molar-refractivity contribution in [3.63, 3.8) is 0 Å². The number of unbranched alkanes of at least 4 members (excludes halogenated alkanes) is 5. The molecule has 0 saturated carbocycles. The van der Waals surface area contributed by atoms with E-state index in [0.717, 1.165) is 29.7 Å². The highest BCUT2D eigenvalue weighted by atomic mass is 28.3. The maximum atomic E-state index is 6.06. The van der Waals surface area contributed by atoms with Gasteiger partial charge in [0.2, 0.25) is 0 Å². The minimum atomic E-state index is -1.79. The first kappa shape index (κ1) is 32.3. The minimum absolute atomic E-state index is 0.612. The van der Waals surface area contributed by atoms with E-state index in [1.165, 1.54) is 32.1 Å². The summed E-state index contributed by atoms with van der Waals surface area (Å²) in [7, 11) is -3.21. The summed E-state index contributed by atoms with van der Waals surface area (Å²) in [6, 6.07) is 6.48. The Labute approximate surface area is 226 Å². The van der Waals surface area contributed by atoms with Crippen LogP contribution < -0.4 is 0 Å². The fraction of sp³-hybridized carbons (Fsp3) is 0.636. The maximum absolute atomic E-state index is 6.06. The van der Waals surface area contributed by atoms with E-state index in [4.69, 9.17) is 4.74 Å². The van der Waals surface area contributed by atoms with E-state index in [1.807, 2.05) is 0 Å². The summed E-state index contributed by atoms with van der Waals surface area (Å²) in [5, 5.41) is 0. The molecule has 0 saturated heterocycles. The molecule has 1 aromatic rings.